The van der Waals surface area contributed by atoms with E-state index in [9.17, 15) is 4.79 Å². The van der Waals surface area contributed by atoms with E-state index in [1.165, 1.54) is 0 Å². The van der Waals surface area contributed by atoms with Crippen LogP contribution in [0.1, 0.15) is 33.4 Å². The lowest BCUT2D eigenvalue weighted by Crippen LogP contribution is -2.47. The second-order valence-electron chi connectivity index (χ2n) is 8.29. The second-order valence-corrected chi connectivity index (χ2v) is 8.29. The van der Waals surface area contributed by atoms with E-state index in [2.05, 4.69) is 21.9 Å². The Labute approximate surface area is 153 Å². The summed E-state index contributed by atoms with van der Waals surface area (Å²) in [4.78, 5) is 16.6. The van der Waals surface area contributed by atoms with Gasteiger partial charge in [0.2, 0.25) is 0 Å². The largest absolute Gasteiger partial charge is 0.444 e. The Morgan fingerprint density at radius 2 is 2.19 bits per heavy atom. The van der Waals surface area contributed by atoms with Gasteiger partial charge in [-0.05, 0) is 27.7 Å². The number of hydrogen-bond acceptors (Lipinski definition) is 6. The summed E-state index contributed by atoms with van der Waals surface area (Å²) >= 11 is 0. The monoisotopic (exact) mass is 361 g/mol. The van der Waals surface area contributed by atoms with E-state index in [0.29, 0.717) is 26.3 Å². The van der Waals surface area contributed by atoms with Crippen LogP contribution in [0, 0.1) is 0 Å². The summed E-state index contributed by atoms with van der Waals surface area (Å²) in [5.74, 6) is 0.863. The third-order valence-corrected chi connectivity index (χ3v) is 5.13. The van der Waals surface area contributed by atoms with E-state index in [1.54, 1.807) is 4.90 Å². The number of nitrogens with one attached hydrogen (secondary N) is 1. The molecule has 2 fully saturated rings. The van der Waals surface area contributed by atoms with Crippen LogP contribution in [-0.2, 0) is 22.6 Å². The van der Waals surface area contributed by atoms with Crippen LogP contribution >= 0.6 is 0 Å². The number of aromatic nitrogens is 2. The zero-order valence-corrected chi connectivity index (χ0v) is 15.9. The minimum Gasteiger partial charge on any atom is -0.444 e. The number of carbonyl (C=O) groups excluding carboxylic acids is 1. The molecule has 3 atom stereocenters. The zero-order valence-electron chi connectivity index (χ0n) is 15.9. The van der Waals surface area contributed by atoms with E-state index in [4.69, 9.17) is 9.47 Å². The molecule has 2 saturated heterocycles. The second kappa shape index (κ2) is 5.90. The Morgan fingerprint density at radius 3 is 2.92 bits per heavy atom. The summed E-state index contributed by atoms with van der Waals surface area (Å²) in [5.41, 5.74) is 1.48. The van der Waals surface area contributed by atoms with Crippen molar-refractivity contribution in [2.75, 3.05) is 18.1 Å². The Hall–Kier alpha value is -2.22. The molecule has 8 heteroatoms. The Bertz CT molecular complexity index is 738. The summed E-state index contributed by atoms with van der Waals surface area (Å²) in [6.45, 7) is 14.3. The number of hydrogen-bond donors (Lipinski definition) is 1. The molecule has 0 spiro atoms. The fourth-order valence-electron chi connectivity index (χ4n) is 3.90. The molecule has 0 aromatic carbocycles. The van der Waals surface area contributed by atoms with E-state index < -0.39 is 5.60 Å². The number of anilines is 1. The minimum atomic E-state index is -0.515. The lowest BCUT2D eigenvalue weighted by molar-refractivity contribution is 0.00912. The maximum Gasteiger partial charge on any atom is 0.410 e. The molecule has 1 N–H and O–H groups in total. The highest BCUT2D eigenvalue weighted by Gasteiger charge is 2.43. The van der Waals surface area contributed by atoms with Gasteiger partial charge in [0.25, 0.3) is 0 Å². The fourth-order valence-corrected chi connectivity index (χ4v) is 3.90. The van der Waals surface area contributed by atoms with Crippen LogP contribution in [0.4, 0.5) is 10.5 Å². The van der Waals surface area contributed by atoms with Crippen LogP contribution in [0.2, 0.25) is 0 Å². The Morgan fingerprint density at radius 1 is 1.42 bits per heavy atom. The predicted octanol–water partition coefficient (Wildman–Crippen LogP) is 1.67. The molecule has 3 aliphatic rings. The normalized spacial score (nSPS) is 28.0. The van der Waals surface area contributed by atoms with E-state index in [0.717, 1.165) is 17.2 Å². The highest BCUT2D eigenvalue weighted by Crippen LogP contribution is 2.35. The molecule has 2 unspecified atom stereocenters. The molecular formula is C18H27N5O3. The summed E-state index contributed by atoms with van der Waals surface area (Å²) in [7, 11) is 0. The molecule has 4 rings (SSSR count). The van der Waals surface area contributed by atoms with Crippen LogP contribution in [0.15, 0.2) is 18.6 Å². The SMILES string of the molecule is C=C1NC2COCC2N1c1cnn2c1CN(C(=O)OC(C)(C)C)[C@@H](C)C2. The molecule has 0 radical (unpaired) electrons. The average molecular weight is 361 g/mol. The predicted molar refractivity (Wildman–Crippen MR) is 96.6 cm³/mol. The molecule has 4 heterocycles. The first-order valence-corrected chi connectivity index (χ1v) is 9.11. The maximum atomic E-state index is 12.6. The van der Waals surface area contributed by atoms with Gasteiger partial charge >= 0.3 is 6.09 Å². The smallest absolute Gasteiger partial charge is 0.410 e. The first kappa shape index (κ1) is 17.2. The molecule has 142 valence electrons. The quantitative estimate of drug-likeness (QED) is 0.820. The standard InChI is InChI=1S/C18H27N5O3/c1-11-7-22-15(8-21(11)17(24)26-18(3,4)5)14(6-19-22)23-12(2)20-13-9-25-10-16(13)23/h6,11,13,16,20H,2,7-10H2,1,3-5H3/t11-,13?,16?/m0/s1. The van der Waals surface area contributed by atoms with Crippen molar-refractivity contribution in [2.45, 2.75) is 64.5 Å². The molecule has 0 aliphatic carbocycles. The number of amides is 1. The number of nitrogens with zero attached hydrogens (tertiary/aromatic N) is 4. The molecule has 1 aromatic heterocycles. The average Bonchev–Trinajstić information content (AvgIpc) is 3.19. The first-order valence-electron chi connectivity index (χ1n) is 9.11. The van der Waals surface area contributed by atoms with Crippen LogP contribution < -0.4 is 10.2 Å². The molecule has 26 heavy (non-hydrogen) atoms. The summed E-state index contributed by atoms with van der Waals surface area (Å²) in [6, 6.07) is 0.487. The Kier molecular flexibility index (Phi) is 3.91. The van der Waals surface area contributed by atoms with Crippen molar-refractivity contribution in [3.8, 4) is 0 Å². The third-order valence-electron chi connectivity index (χ3n) is 5.13. The van der Waals surface area contributed by atoms with Gasteiger partial charge in [-0.3, -0.25) is 9.58 Å². The lowest BCUT2D eigenvalue weighted by Gasteiger charge is -2.36. The van der Waals surface area contributed by atoms with Gasteiger partial charge in [-0.15, -0.1) is 0 Å². The van der Waals surface area contributed by atoms with E-state index >= 15 is 0 Å². The number of ether oxygens (including phenoxy) is 2. The lowest BCUT2D eigenvalue weighted by atomic mass is 10.1. The van der Waals surface area contributed by atoms with Crippen LogP contribution in [0.3, 0.4) is 0 Å². The van der Waals surface area contributed by atoms with Crippen molar-refractivity contribution in [2.24, 2.45) is 0 Å². The van der Waals surface area contributed by atoms with Crippen molar-refractivity contribution in [3.05, 3.63) is 24.3 Å². The molecule has 0 bridgehead atoms. The van der Waals surface area contributed by atoms with Crippen LogP contribution in [0.5, 0.6) is 0 Å². The summed E-state index contributed by atoms with van der Waals surface area (Å²) in [5, 5.41) is 7.95. The van der Waals surface area contributed by atoms with E-state index in [-0.39, 0.29) is 24.2 Å². The molecule has 3 aliphatic heterocycles. The molecular weight excluding hydrogens is 334 g/mol. The van der Waals surface area contributed by atoms with E-state index in [1.807, 2.05) is 38.6 Å². The molecule has 1 amide bonds. The van der Waals surface area contributed by atoms with Gasteiger partial charge in [0.1, 0.15) is 5.60 Å². The van der Waals surface area contributed by atoms with Crippen LogP contribution in [-0.4, -0.2) is 57.7 Å². The molecule has 1 aromatic rings. The summed E-state index contributed by atoms with van der Waals surface area (Å²) in [6.07, 6.45) is 1.58. The highest BCUT2D eigenvalue weighted by atomic mass is 16.6. The van der Waals surface area contributed by atoms with Crippen molar-refractivity contribution in [3.63, 3.8) is 0 Å². The summed E-state index contributed by atoms with van der Waals surface area (Å²) < 4.78 is 13.2. The van der Waals surface area contributed by atoms with Crippen LogP contribution in [0.25, 0.3) is 0 Å². The fraction of sp³-hybridized carbons (Fsp3) is 0.667. The minimum absolute atomic E-state index is 0.0209. The van der Waals surface area contributed by atoms with Gasteiger partial charge in [-0.25, -0.2) is 4.79 Å². The van der Waals surface area contributed by atoms with Crippen molar-refractivity contribution in [1.29, 1.82) is 0 Å². The topological polar surface area (TPSA) is 71.9 Å². The highest BCUT2D eigenvalue weighted by molar-refractivity contribution is 5.69. The molecule has 8 nitrogen and oxygen atoms in total. The van der Waals surface area contributed by atoms with Gasteiger partial charge in [0.05, 0.1) is 67.8 Å². The van der Waals surface area contributed by atoms with Gasteiger partial charge in [-0.2, -0.15) is 5.10 Å². The Balaban J connectivity index is 1.61. The number of rotatable bonds is 1. The first-order chi connectivity index (χ1) is 12.2. The van der Waals surface area contributed by atoms with Crippen molar-refractivity contribution >= 4 is 11.8 Å². The third kappa shape index (κ3) is 2.82. The number of carbonyl (C=O) groups is 1. The van der Waals surface area contributed by atoms with Crippen molar-refractivity contribution < 1.29 is 14.3 Å². The maximum absolute atomic E-state index is 12.6. The van der Waals surface area contributed by atoms with Gasteiger partial charge in [-0.1, -0.05) is 6.58 Å². The van der Waals surface area contributed by atoms with Gasteiger partial charge < -0.3 is 19.7 Å². The molecule has 0 saturated carbocycles. The zero-order chi connectivity index (χ0) is 18.6. The van der Waals surface area contributed by atoms with Crippen molar-refractivity contribution in [1.82, 2.24) is 20.0 Å². The number of fused-ring (bicyclic) bond motifs is 2. The van der Waals surface area contributed by atoms with Gasteiger partial charge in [0, 0.05) is 0 Å². The van der Waals surface area contributed by atoms with Gasteiger partial charge in [0.15, 0.2) is 0 Å².